The van der Waals surface area contributed by atoms with Crippen molar-refractivity contribution < 1.29 is 14.3 Å². The lowest BCUT2D eigenvalue weighted by Crippen LogP contribution is -2.15. The van der Waals surface area contributed by atoms with Gasteiger partial charge in [-0.15, -0.1) is 0 Å². The van der Waals surface area contributed by atoms with Crippen molar-refractivity contribution in [2.45, 2.75) is 6.92 Å². The summed E-state index contributed by atoms with van der Waals surface area (Å²) in [5, 5.41) is 11.3. The normalized spacial score (nSPS) is 10.8. The zero-order valence-electron chi connectivity index (χ0n) is 17.9. The lowest BCUT2D eigenvalue weighted by Gasteiger charge is -2.09. The summed E-state index contributed by atoms with van der Waals surface area (Å²) < 4.78 is 6.74. The molecule has 33 heavy (non-hydrogen) atoms. The predicted octanol–water partition coefficient (Wildman–Crippen LogP) is 5.72. The van der Waals surface area contributed by atoms with Gasteiger partial charge < -0.3 is 4.74 Å². The molecule has 8 heteroatoms. The summed E-state index contributed by atoms with van der Waals surface area (Å²) in [6, 6.07) is 23.0. The van der Waals surface area contributed by atoms with Gasteiger partial charge in [-0.1, -0.05) is 18.2 Å². The number of amides is 1. The topological polar surface area (TPSA) is 97.9 Å². The third-order valence-corrected chi connectivity index (χ3v) is 4.69. The molecular formula is C25H21N5O3. The van der Waals surface area contributed by atoms with Crippen LogP contribution in [0.5, 0.6) is 0 Å². The summed E-state index contributed by atoms with van der Waals surface area (Å²) >= 11 is 0. The molecule has 0 radical (unpaired) electrons. The molecule has 0 fully saturated rings. The molecule has 8 nitrogen and oxygen atoms in total. The minimum absolute atomic E-state index is 0.234. The Bertz CT molecular complexity index is 1260. The van der Waals surface area contributed by atoms with Gasteiger partial charge in [0.2, 0.25) is 5.95 Å². The third kappa shape index (κ3) is 5.37. The molecule has 0 saturated heterocycles. The number of carbonyl (C=O) groups excluding carboxylic acids is 2. The van der Waals surface area contributed by atoms with Gasteiger partial charge in [-0.2, -0.15) is 10.2 Å². The summed E-state index contributed by atoms with van der Waals surface area (Å²) in [7, 11) is 0. The molecular weight excluding hydrogens is 418 g/mol. The van der Waals surface area contributed by atoms with E-state index in [1.54, 1.807) is 60.3 Å². The number of aromatic nitrogens is 2. The van der Waals surface area contributed by atoms with Gasteiger partial charge in [0.25, 0.3) is 5.91 Å². The standard InChI is InChI=1S/C25H21N5O3/c1-2-33-24(32)19-8-10-20(11-9-19)28-29-21-12-14-22(15-13-21)30-17-16-26-25(30)27-23(31)18-6-4-3-5-7-18/h3-17H,2H2,1H3,(H,26,27,31). The van der Waals surface area contributed by atoms with Crippen molar-refractivity contribution in [2.24, 2.45) is 10.2 Å². The number of azo groups is 1. The van der Waals surface area contributed by atoms with E-state index in [0.717, 1.165) is 5.69 Å². The summed E-state index contributed by atoms with van der Waals surface area (Å²) in [4.78, 5) is 28.4. The van der Waals surface area contributed by atoms with Gasteiger partial charge in [0.05, 0.1) is 23.5 Å². The van der Waals surface area contributed by atoms with Crippen LogP contribution >= 0.6 is 0 Å². The first-order valence-electron chi connectivity index (χ1n) is 10.3. The number of anilines is 1. The number of benzene rings is 3. The van der Waals surface area contributed by atoms with Gasteiger partial charge in [-0.3, -0.25) is 14.7 Å². The molecule has 1 aromatic heterocycles. The molecule has 0 unspecified atom stereocenters. The summed E-state index contributed by atoms with van der Waals surface area (Å²) in [5.41, 5.74) is 3.11. The Balaban J connectivity index is 1.43. The highest BCUT2D eigenvalue weighted by Gasteiger charge is 2.11. The maximum absolute atomic E-state index is 12.4. The second-order valence-electron chi connectivity index (χ2n) is 6.92. The average Bonchev–Trinajstić information content (AvgIpc) is 3.32. The molecule has 0 bridgehead atoms. The Morgan fingerprint density at radius 3 is 2.15 bits per heavy atom. The van der Waals surface area contributed by atoms with Crippen molar-refractivity contribution in [3.05, 3.63) is 102 Å². The van der Waals surface area contributed by atoms with Crippen LogP contribution in [0.1, 0.15) is 27.6 Å². The number of imidazole rings is 1. The summed E-state index contributed by atoms with van der Waals surface area (Å²) in [6.45, 7) is 2.09. The lowest BCUT2D eigenvalue weighted by molar-refractivity contribution is 0.0526. The van der Waals surface area contributed by atoms with Crippen LogP contribution < -0.4 is 5.32 Å². The first-order valence-corrected chi connectivity index (χ1v) is 10.3. The van der Waals surface area contributed by atoms with Crippen molar-refractivity contribution >= 4 is 29.2 Å². The van der Waals surface area contributed by atoms with E-state index >= 15 is 0 Å². The molecule has 1 heterocycles. The zero-order valence-corrected chi connectivity index (χ0v) is 17.9. The molecule has 0 saturated carbocycles. The summed E-state index contributed by atoms with van der Waals surface area (Å²) in [6.07, 6.45) is 3.39. The van der Waals surface area contributed by atoms with E-state index in [9.17, 15) is 9.59 Å². The molecule has 0 spiro atoms. The maximum atomic E-state index is 12.4. The molecule has 0 aliphatic rings. The van der Waals surface area contributed by atoms with Crippen molar-refractivity contribution in [1.29, 1.82) is 0 Å². The van der Waals surface area contributed by atoms with E-state index in [-0.39, 0.29) is 11.9 Å². The van der Waals surface area contributed by atoms with Crippen LogP contribution in [-0.2, 0) is 4.74 Å². The monoisotopic (exact) mass is 439 g/mol. The molecule has 1 N–H and O–H groups in total. The van der Waals surface area contributed by atoms with Crippen LogP contribution in [0.15, 0.2) is 101 Å². The number of rotatable bonds is 7. The first kappa shape index (κ1) is 21.6. The number of nitrogens with one attached hydrogen (secondary N) is 1. The Labute approximate surface area is 190 Å². The number of ether oxygens (including phenoxy) is 1. The number of carbonyl (C=O) groups is 2. The molecule has 0 aliphatic carbocycles. The van der Waals surface area contributed by atoms with Crippen LogP contribution in [0, 0.1) is 0 Å². The van der Waals surface area contributed by atoms with Gasteiger partial charge in [0, 0.05) is 23.6 Å². The lowest BCUT2D eigenvalue weighted by atomic mass is 10.2. The molecule has 0 aliphatic heterocycles. The van der Waals surface area contributed by atoms with E-state index in [1.807, 2.05) is 42.5 Å². The fourth-order valence-electron chi connectivity index (χ4n) is 3.04. The Kier molecular flexibility index (Phi) is 6.65. The number of esters is 1. The van der Waals surface area contributed by atoms with Crippen molar-refractivity contribution in [3.63, 3.8) is 0 Å². The zero-order chi connectivity index (χ0) is 23.0. The van der Waals surface area contributed by atoms with Gasteiger partial charge in [-0.25, -0.2) is 9.78 Å². The van der Waals surface area contributed by atoms with Crippen molar-refractivity contribution in [2.75, 3.05) is 11.9 Å². The number of hydrogen-bond acceptors (Lipinski definition) is 6. The highest BCUT2D eigenvalue weighted by atomic mass is 16.5. The van der Waals surface area contributed by atoms with Crippen molar-refractivity contribution in [3.8, 4) is 5.69 Å². The van der Waals surface area contributed by atoms with Crippen LogP contribution in [0.4, 0.5) is 17.3 Å². The van der Waals surface area contributed by atoms with Crippen LogP contribution in [0.3, 0.4) is 0 Å². The van der Waals surface area contributed by atoms with E-state index < -0.39 is 0 Å². The van der Waals surface area contributed by atoms with Gasteiger partial charge >= 0.3 is 5.97 Å². The van der Waals surface area contributed by atoms with Gasteiger partial charge in [0.15, 0.2) is 0 Å². The smallest absolute Gasteiger partial charge is 0.338 e. The number of nitrogens with zero attached hydrogens (tertiary/aromatic N) is 4. The fourth-order valence-corrected chi connectivity index (χ4v) is 3.04. The second kappa shape index (κ2) is 10.1. The maximum Gasteiger partial charge on any atom is 0.338 e. The first-order chi connectivity index (χ1) is 16.1. The minimum Gasteiger partial charge on any atom is -0.462 e. The molecule has 1 amide bonds. The third-order valence-electron chi connectivity index (χ3n) is 4.69. The molecule has 3 aromatic carbocycles. The van der Waals surface area contributed by atoms with E-state index in [2.05, 4.69) is 20.5 Å². The molecule has 164 valence electrons. The van der Waals surface area contributed by atoms with Crippen molar-refractivity contribution in [1.82, 2.24) is 9.55 Å². The van der Waals surface area contributed by atoms with E-state index in [4.69, 9.17) is 4.74 Å². The predicted molar refractivity (Wildman–Crippen MR) is 125 cm³/mol. The molecule has 4 aromatic rings. The molecule has 4 rings (SSSR count). The highest BCUT2D eigenvalue weighted by Crippen LogP contribution is 2.22. The Morgan fingerprint density at radius 2 is 1.52 bits per heavy atom. The van der Waals surface area contributed by atoms with Gasteiger partial charge in [-0.05, 0) is 67.6 Å². The van der Waals surface area contributed by atoms with Gasteiger partial charge in [0.1, 0.15) is 0 Å². The highest BCUT2D eigenvalue weighted by molar-refractivity contribution is 6.03. The van der Waals surface area contributed by atoms with E-state index in [0.29, 0.717) is 35.1 Å². The minimum atomic E-state index is -0.365. The second-order valence-corrected chi connectivity index (χ2v) is 6.92. The Hall–Kier alpha value is -4.59. The van der Waals surface area contributed by atoms with E-state index in [1.165, 1.54) is 0 Å². The number of hydrogen-bond donors (Lipinski definition) is 1. The van der Waals surface area contributed by atoms with Crippen LogP contribution in [-0.4, -0.2) is 28.0 Å². The van der Waals surface area contributed by atoms with Crippen LogP contribution in [0.25, 0.3) is 5.69 Å². The summed E-state index contributed by atoms with van der Waals surface area (Å²) in [5.74, 6) is -0.183. The fraction of sp³-hybridized carbons (Fsp3) is 0.0800. The average molecular weight is 439 g/mol. The van der Waals surface area contributed by atoms with Crippen LogP contribution in [0.2, 0.25) is 0 Å². The Morgan fingerprint density at radius 1 is 0.879 bits per heavy atom. The SMILES string of the molecule is CCOC(=O)c1ccc(N=Nc2ccc(-n3ccnc3NC(=O)c3ccccc3)cc2)cc1. The quantitative estimate of drug-likeness (QED) is 0.294. The molecule has 0 atom stereocenters. The largest absolute Gasteiger partial charge is 0.462 e.